The van der Waals surface area contributed by atoms with Crippen LogP contribution in [0.4, 0.5) is 5.69 Å². The van der Waals surface area contributed by atoms with E-state index in [1.165, 1.54) is 12.1 Å². The van der Waals surface area contributed by atoms with Gasteiger partial charge in [0.05, 0.1) is 15.5 Å². The predicted octanol–water partition coefficient (Wildman–Crippen LogP) is 3.31. The Kier molecular flexibility index (Phi) is 7.43. The van der Waals surface area contributed by atoms with Crippen LogP contribution >= 0.6 is 23.4 Å². The van der Waals surface area contributed by atoms with Crippen molar-refractivity contribution < 1.29 is 19.2 Å². The van der Waals surface area contributed by atoms with E-state index in [0.717, 1.165) is 11.0 Å². The van der Waals surface area contributed by atoms with Gasteiger partial charge in [0.1, 0.15) is 0 Å². The number of halogens is 1. The minimum atomic E-state index is -0.896. The molecule has 2 rings (SSSR count). The van der Waals surface area contributed by atoms with Gasteiger partial charge in [-0.3, -0.25) is 14.9 Å². The van der Waals surface area contributed by atoms with Crippen LogP contribution in [0.1, 0.15) is 10.4 Å². The molecule has 136 valence electrons. The van der Waals surface area contributed by atoms with E-state index in [-0.39, 0.29) is 16.3 Å². The summed E-state index contributed by atoms with van der Waals surface area (Å²) in [6.45, 7) is -0.0820. The van der Waals surface area contributed by atoms with Crippen molar-refractivity contribution in [1.82, 2.24) is 5.32 Å². The molecule has 0 bridgehead atoms. The number of nitro benzene ring substituents is 1. The number of ether oxygens (including phenoxy) is 1. The van der Waals surface area contributed by atoms with Crippen molar-refractivity contribution in [3.05, 3.63) is 69.2 Å². The maximum absolute atomic E-state index is 11.9. The Hall–Kier alpha value is -2.58. The molecular weight excluding hydrogens is 380 g/mol. The third-order valence-corrected chi connectivity index (χ3v) is 4.49. The van der Waals surface area contributed by atoms with Gasteiger partial charge < -0.3 is 10.1 Å². The zero-order valence-electron chi connectivity index (χ0n) is 13.5. The molecule has 0 aromatic heterocycles. The zero-order valence-corrected chi connectivity index (χ0v) is 15.1. The number of esters is 1. The summed E-state index contributed by atoms with van der Waals surface area (Å²) >= 11 is 7.43. The van der Waals surface area contributed by atoms with Gasteiger partial charge in [0, 0.05) is 29.3 Å². The highest BCUT2D eigenvalue weighted by Crippen LogP contribution is 2.22. The fourth-order valence-corrected chi connectivity index (χ4v) is 2.90. The molecule has 0 heterocycles. The van der Waals surface area contributed by atoms with E-state index in [1.54, 1.807) is 11.8 Å². The highest BCUT2D eigenvalue weighted by molar-refractivity contribution is 7.99. The first-order valence-electron chi connectivity index (χ1n) is 7.53. The quantitative estimate of drug-likeness (QED) is 0.242. The summed E-state index contributed by atoms with van der Waals surface area (Å²) < 4.78 is 4.86. The van der Waals surface area contributed by atoms with Gasteiger partial charge in [-0.05, 0) is 18.2 Å². The standard InChI is InChI=1S/C17H15ClN2O5S/c18-15-7-6-12(20(23)24)10-14(15)17(22)25-11-16(21)19-8-9-26-13-4-2-1-3-5-13/h1-7,10H,8-9,11H2,(H,19,21). The number of nitrogens with zero attached hydrogens (tertiary/aromatic N) is 1. The van der Waals surface area contributed by atoms with E-state index in [1.807, 2.05) is 30.3 Å². The Morgan fingerprint density at radius 2 is 1.92 bits per heavy atom. The molecule has 9 heteroatoms. The van der Waals surface area contributed by atoms with E-state index in [9.17, 15) is 19.7 Å². The van der Waals surface area contributed by atoms with Crippen LogP contribution in [0.2, 0.25) is 5.02 Å². The monoisotopic (exact) mass is 394 g/mol. The Morgan fingerprint density at radius 1 is 1.19 bits per heavy atom. The predicted molar refractivity (Wildman–Crippen MR) is 98.6 cm³/mol. The lowest BCUT2D eigenvalue weighted by molar-refractivity contribution is -0.384. The minimum absolute atomic E-state index is 0.0141. The number of hydrogen-bond acceptors (Lipinski definition) is 6. The summed E-state index contributed by atoms with van der Waals surface area (Å²) in [5.41, 5.74) is -0.447. The third kappa shape index (κ3) is 6.05. The molecule has 0 saturated heterocycles. The Morgan fingerprint density at radius 3 is 2.62 bits per heavy atom. The lowest BCUT2D eigenvalue weighted by Crippen LogP contribution is -2.30. The molecule has 0 aliphatic heterocycles. The molecular formula is C17H15ClN2O5S. The third-order valence-electron chi connectivity index (χ3n) is 3.15. The molecule has 7 nitrogen and oxygen atoms in total. The summed E-state index contributed by atoms with van der Waals surface area (Å²) in [6.07, 6.45) is 0. The van der Waals surface area contributed by atoms with E-state index >= 15 is 0 Å². The molecule has 2 aromatic rings. The number of nitro groups is 1. The van der Waals surface area contributed by atoms with Crippen molar-refractivity contribution in [2.45, 2.75) is 4.90 Å². The van der Waals surface area contributed by atoms with Gasteiger partial charge in [0.25, 0.3) is 11.6 Å². The number of carbonyl (C=O) groups is 2. The van der Waals surface area contributed by atoms with Gasteiger partial charge in [-0.2, -0.15) is 0 Å². The number of nitrogens with one attached hydrogen (secondary N) is 1. The first-order valence-corrected chi connectivity index (χ1v) is 8.89. The molecule has 0 unspecified atom stereocenters. The fourth-order valence-electron chi connectivity index (χ4n) is 1.92. The normalized spacial score (nSPS) is 10.2. The smallest absolute Gasteiger partial charge is 0.340 e. The van der Waals surface area contributed by atoms with Crippen LogP contribution in [0.25, 0.3) is 0 Å². The second kappa shape index (κ2) is 9.79. The van der Waals surface area contributed by atoms with Gasteiger partial charge in [-0.15, -0.1) is 11.8 Å². The summed E-state index contributed by atoms with van der Waals surface area (Å²) in [7, 11) is 0. The van der Waals surface area contributed by atoms with Crippen molar-refractivity contribution in [2.75, 3.05) is 18.9 Å². The maximum atomic E-state index is 11.9. The van der Waals surface area contributed by atoms with Crippen LogP contribution in [-0.4, -0.2) is 35.7 Å². The number of rotatable bonds is 8. The van der Waals surface area contributed by atoms with Gasteiger partial charge in [0.15, 0.2) is 6.61 Å². The molecule has 26 heavy (non-hydrogen) atoms. The molecule has 0 atom stereocenters. The van der Waals surface area contributed by atoms with Crippen molar-refractivity contribution in [1.29, 1.82) is 0 Å². The highest BCUT2D eigenvalue weighted by atomic mass is 35.5. The van der Waals surface area contributed by atoms with Gasteiger partial charge >= 0.3 is 5.97 Å². The number of non-ortho nitro benzene ring substituents is 1. The van der Waals surface area contributed by atoms with Crippen molar-refractivity contribution in [3.8, 4) is 0 Å². The van der Waals surface area contributed by atoms with Crippen LogP contribution in [0.15, 0.2) is 53.4 Å². The molecule has 1 N–H and O–H groups in total. The van der Waals surface area contributed by atoms with E-state index in [2.05, 4.69) is 5.32 Å². The van der Waals surface area contributed by atoms with Gasteiger partial charge in [-0.25, -0.2) is 4.79 Å². The fraction of sp³-hybridized carbons (Fsp3) is 0.176. The molecule has 1 amide bonds. The Bertz CT molecular complexity index is 801. The van der Waals surface area contributed by atoms with E-state index < -0.39 is 23.4 Å². The number of hydrogen-bond donors (Lipinski definition) is 1. The molecule has 0 fully saturated rings. The number of thioether (sulfide) groups is 1. The average Bonchev–Trinajstić information content (AvgIpc) is 2.64. The van der Waals surface area contributed by atoms with Crippen molar-refractivity contribution >= 4 is 40.9 Å². The Labute approximate surface area is 158 Å². The van der Waals surface area contributed by atoms with E-state index in [0.29, 0.717) is 12.3 Å². The van der Waals surface area contributed by atoms with E-state index in [4.69, 9.17) is 16.3 Å². The summed E-state index contributed by atoms with van der Waals surface area (Å²) in [5, 5.41) is 13.4. The Balaban J connectivity index is 1.75. The molecule has 0 radical (unpaired) electrons. The van der Waals surface area contributed by atoms with Gasteiger partial charge in [-0.1, -0.05) is 29.8 Å². The molecule has 0 aliphatic carbocycles. The van der Waals surface area contributed by atoms with Crippen LogP contribution < -0.4 is 5.32 Å². The average molecular weight is 395 g/mol. The largest absolute Gasteiger partial charge is 0.452 e. The molecule has 0 aliphatic rings. The van der Waals surface area contributed by atoms with Crippen LogP contribution in [-0.2, 0) is 9.53 Å². The zero-order chi connectivity index (χ0) is 18.9. The molecule has 0 spiro atoms. The number of benzene rings is 2. The summed E-state index contributed by atoms with van der Waals surface area (Å²) in [4.78, 5) is 34.8. The van der Waals surface area contributed by atoms with Crippen molar-refractivity contribution in [2.24, 2.45) is 0 Å². The first kappa shape index (κ1) is 19.7. The lowest BCUT2D eigenvalue weighted by atomic mass is 10.2. The number of amides is 1. The second-order valence-electron chi connectivity index (χ2n) is 5.01. The van der Waals surface area contributed by atoms with Crippen molar-refractivity contribution in [3.63, 3.8) is 0 Å². The maximum Gasteiger partial charge on any atom is 0.340 e. The molecule has 2 aromatic carbocycles. The minimum Gasteiger partial charge on any atom is -0.452 e. The SMILES string of the molecule is O=C(COC(=O)c1cc([N+](=O)[O-])ccc1Cl)NCCSc1ccccc1. The topological polar surface area (TPSA) is 98.5 Å². The summed E-state index contributed by atoms with van der Waals surface area (Å²) in [6, 6.07) is 13.1. The lowest BCUT2D eigenvalue weighted by Gasteiger charge is -2.07. The summed E-state index contributed by atoms with van der Waals surface area (Å²) in [5.74, 6) is -0.693. The van der Waals surface area contributed by atoms with Crippen LogP contribution in [0.5, 0.6) is 0 Å². The first-order chi connectivity index (χ1) is 12.5. The van der Waals surface area contributed by atoms with Crippen LogP contribution in [0, 0.1) is 10.1 Å². The molecule has 0 saturated carbocycles. The number of carbonyl (C=O) groups excluding carboxylic acids is 2. The van der Waals surface area contributed by atoms with Gasteiger partial charge in [0.2, 0.25) is 0 Å². The highest BCUT2D eigenvalue weighted by Gasteiger charge is 2.18. The second-order valence-corrected chi connectivity index (χ2v) is 6.58. The van der Waals surface area contributed by atoms with Crippen LogP contribution in [0.3, 0.4) is 0 Å².